The van der Waals surface area contributed by atoms with E-state index in [9.17, 15) is 13.6 Å². The number of aromatic nitrogens is 2. The lowest BCUT2D eigenvalue weighted by Crippen LogP contribution is -2.52. The number of rotatable bonds is 9. The molecule has 2 heterocycles. The third-order valence-corrected chi connectivity index (χ3v) is 7.97. The number of nitrogens with zero attached hydrogens (tertiary/aromatic N) is 4. The second-order valence-electron chi connectivity index (χ2n) is 7.12. The van der Waals surface area contributed by atoms with Crippen molar-refractivity contribution in [2.75, 3.05) is 37.9 Å². The van der Waals surface area contributed by atoms with Gasteiger partial charge in [-0.2, -0.15) is 0 Å². The third-order valence-electron chi connectivity index (χ3n) is 4.69. The summed E-state index contributed by atoms with van der Waals surface area (Å²) in [7, 11) is -1.66. The van der Waals surface area contributed by atoms with Crippen molar-refractivity contribution >= 4 is 32.0 Å². The van der Waals surface area contributed by atoms with Crippen molar-refractivity contribution in [3.8, 4) is 5.75 Å². The SMILES string of the molecule is CCCCS(=O)(=O)c1nnc([N+]2([O-])CN(C)CC2Nc2ccc(OCC)cc2)s1. The summed E-state index contributed by atoms with van der Waals surface area (Å²) in [5.74, 6) is 0.778. The molecule has 0 aliphatic carbocycles. The highest BCUT2D eigenvalue weighted by Crippen LogP contribution is 2.35. The number of nitrogens with one attached hydrogen (secondary N) is 1. The number of anilines is 1. The van der Waals surface area contributed by atoms with Crippen LogP contribution >= 0.6 is 11.3 Å². The number of quaternary nitrogens is 1. The van der Waals surface area contributed by atoms with Crippen LogP contribution in [0.4, 0.5) is 10.8 Å². The van der Waals surface area contributed by atoms with Crippen LogP contribution < -0.4 is 14.7 Å². The van der Waals surface area contributed by atoms with E-state index in [1.54, 1.807) is 0 Å². The van der Waals surface area contributed by atoms with Crippen LogP contribution in [0.25, 0.3) is 0 Å². The van der Waals surface area contributed by atoms with Gasteiger partial charge in [0.15, 0.2) is 6.17 Å². The van der Waals surface area contributed by atoms with Crippen LogP contribution in [0.2, 0.25) is 0 Å². The Labute approximate surface area is 175 Å². The summed E-state index contributed by atoms with van der Waals surface area (Å²) in [6.45, 7) is 5.09. The smallest absolute Gasteiger partial charge is 0.310 e. The summed E-state index contributed by atoms with van der Waals surface area (Å²) in [6.07, 6.45) is 0.794. The number of benzene rings is 1. The molecule has 1 N–H and O–H groups in total. The van der Waals surface area contributed by atoms with E-state index in [1.807, 2.05) is 50.1 Å². The maximum Gasteiger partial charge on any atom is 0.310 e. The molecule has 2 atom stereocenters. The first-order valence-corrected chi connectivity index (χ1v) is 12.1. The molecule has 0 bridgehead atoms. The van der Waals surface area contributed by atoms with Crippen LogP contribution in [0.3, 0.4) is 0 Å². The van der Waals surface area contributed by atoms with E-state index >= 15 is 0 Å². The molecule has 1 aromatic heterocycles. The molecule has 1 saturated heterocycles. The maximum atomic E-state index is 13.7. The fraction of sp³-hybridized carbons (Fsp3) is 0.556. The third kappa shape index (κ3) is 4.86. The van der Waals surface area contributed by atoms with Gasteiger partial charge in [-0.3, -0.25) is 9.55 Å². The molecule has 2 unspecified atom stereocenters. The summed E-state index contributed by atoms with van der Waals surface area (Å²) in [5, 5.41) is 24.9. The molecule has 0 amide bonds. The minimum atomic E-state index is -3.51. The van der Waals surface area contributed by atoms with E-state index in [4.69, 9.17) is 4.74 Å². The summed E-state index contributed by atoms with van der Waals surface area (Å²) >= 11 is 0.875. The molecule has 1 aliphatic rings. The van der Waals surface area contributed by atoms with E-state index in [2.05, 4.69) is 15.5 Å². The van der Waals surface area contributed by atoms with Gasteiger partial charge in [0.25, 0.3) is 0 Å². The highest BCUT2D eigenvalue weighted by atomic mass is 32.2. The Morgan fingerprint density at radius 1 is 1.31 bits per heavy atom. The normalized spacial score (nSPS) is 22.7. The Morgan fingerprint density at radius 2 is 2.03 bits per heavy atom. The molecule has 11 heteroatoms. The summed E-state index contributed by atoms with van der Waals surface area (Å²) in [4.78, 5) is 1.89. The van der Waals surface area contributed by atoms with Crippen LogP contribution in [0.15, 0.2) is 28.6 Å². The van der Waals surface area contributed by atoms with Gasteiger partial charge in [0.2, 0.25) is 14.2 Å². The molecule has 3 rings (SSSR count). The number of hydrogen-bond acceptors (Lipinski definition) is 9. The molecule has 29 heavy (non-hydrogen) atoms. The zero-order chi connectivity index (χ0) is 21.1. The predicted octanol–water partition coefficient (Wildman–Crippen LogP) is 2.66. The highest BCUT2D eigenvalue weighted by molar-refractivity contribution is 7.93. The Bertz CT molecular complexity index is 919. The van der Waals surface area contributed by atoms with Crippen LogP contribution in [0, 0.1) is 5.21 Å². The van der Waals surface area contributed by atoms with Gasteiger partial charge in [0.1, 0.15) is 12.4 Å². The Kier molecular flexibility index (Phi) is 6.74. The molecule has 1 fully saturated rings. The maximum absolute atomic E-state index is 13.7. The zero-order valence-electron chi connectivity index (χ0n) is 16.9. The molecular formula is C18H27N5O4S2. The predicted molar refractivity (Wildman–Crippen MR) is 115 cm³/mol. The Balaban J connectivity index is 1.81. The van der Waals surface area contributed by atoms with Crippen molar-refractivity contribution in [1.82, 2.24) is 19.7 Å². The molecule has 9 nitrogen and oxygen atoms in total. The lowest BCUT2D eigenvalue weighted by atomic mass is 10.3. The van der Waals surface area contributed by atoms with E-state index < -0.39 is 20.6 Å². The fourth-order valence-electron chi connectivity index (χ4n) is 3.20. The van der Waals surface area contributed by atoms with Gasteiger partial charge in [0, 0.05) is 5.69 Å². The van der Waals surface area contributed by atoms with E-state index in [1.165, 1.54) is 0 Å². The van der Waals surface area contributed by atoms with Gasteiger partial charge in [-0.1, -0.05) is 18.4 Å². The quantitative estimate of drug-likeness (QED) is 0.467. The minimum Gasteiger partial charge on any atom is -0.623 e. The zero-order valence-corrected chi connectivity index (χ0v) is 18.5. The topological polar surface area (TPSA) is 107 Å². The van der Waals surface area contributed by atoms with E-state index in [0.29, 0.717) is 19.6 Å². The van der Waals surface area contributed by atoms with Crippen molar-refractivity contribution in [3.05, 3.63) is 29.5 Å². The summed E-state index contributed by atoms with van der Waals surface area (Å²) in [6, 6.07) is 7.39. The Morgan fingerprint density at radius 3 is 2.69 bits per heavy atom. The number of ether oxygens (including phenoxy) is 1. The fourth-order valence-corrected chi connectivity index (χ4v) is 5.84. The molecule has 0 saturated carbocycles. The van der Waals surface area contributed by atoms with Crippen molar-refractivity contribution in [2.45, 2.75) is 37.2 Å². The summed E-state index contributed by atoms with van der Waals surface area (Å²) in [5.41, 5.74) is 0.785. The number of unbranched alkanes of at least 4 members (excludes halogenated alkanes) is 1. The molecule has 2 aromatic rings. The van der Waals surface area contributed by atoms with E-state index in [0.717, 1.165) is 29.2 Å². The largest absolute Gasteiger partial charge is 0.623 e. The lowest BCUT2D eigenvalue weighted by molar-refractivity contribution is 0.322. The average molecular weight is 442 g/mol. The molecular weight excluding hydrogens is 414 g/mol. The second-order valence-corrected chi connectivity index (χ2v) is 10.4. The van der Waals surface area contributed by atoms with Crippen molar-refractivity contribution in [2.24, 2.45) is 0 Å². The second kappa shape index (κ2) is 8.92. The molecule has 1 aromatic carbocycles. The first-order valence-electron chi connectivity index (χ1n) is 9.62. The molecule has 0 radical (unpaired) electrons. The lowest BCUT2D eigenvalue weighted by Gasteiger charge is -2.39. The van der Waals surface area contributed by atoms with Crippen LogP contribution in [-0.2, 0) is 9.84 Å². The number of likely N-dealkylation sites (N-methyl/N-ethyl adjacent to an activating group) is 1. The average Bonchev–Trinajstić information content (AvgIpc) is 3.29. The monoisotopic (exact) mass is 441 g/mol. The molecule has 160 valence electrons. The molecule has 1 aliphatic heterocycles. The van der Waals surface area contributed by atoms with Crippen molar-refractivity contribution in [3.63, 3.8) is 0 Å². The first kappa shape index (κ1) is 21.9. The van der Waals surface area contributed by atoms with E-state index in [-0.39, 0.29) is 21.9 Å². The van der Waals surface area contributed by atoms with Crippen LogP contribution in [-0.4, -0.2) is 62.3 Å². The molecule has 0 spiro atoms. The van der Waals surface area contributed by atoms with Crippen LogP contribution in [0.1, 0.15) is 26.7 Å². The Hall–Kier alpha value is -1.79. The first-order chi connectivity index (χ1) is 13.8. The van der Waals surface area contributed by atoms with Gasteiger partial charge in [-0.05, 0) is 56.0 Å². The standard InChI is InChI=1S/C18H27N5O4S2/c1-4-6-11-29(25,26)18-21-20-17(28-18)23(24)13-22(3)12-16(23)19-14-7-9-15(10-8-14)27-5-2/h7-10,16,19H,4-6,11-13H2,1-3H3. The highest BCUT2D eigenvalue weighted by Gasteiger charge is 2.43. The van der Waals surface area contributed by atoms with Crippen molar-refractivity contribution in [1.29, 1.82) is 0 Å². The van der Waals surface area contributed by atoms with Gasteiger partial charge in [0.05, 0.1) is 18.9 Å². The van der Waals surface area contributed by atoms with Crippen LogP contribution in [0.5, 0.6) is 5.75 Å². The van der Waals surface area contributed by atoms with Gasteiger partial charge < -0.3 is 15.3 Å². The van der Waals surface area contributed by atoms with Gasteiger partial charge in [-0.25, -0.2) is 8.42 Å². The number of hydroxylamine groups is 2. The number of sulfone groups is 1. The van der Waals surface area contributed by atoms with Crippen molar-refractivity contribution < 1.29 is 13.2 Å². The van der Waals surface area contributed by atoms with Gasteiger partial charge >= 0.3 is 5.13 Å². The van der Waals surface area contributed by atoms with Gasteiger partial charge in [-0.15, -0.1) is 5.10 Å². The minimum absolute atomic E-state index is 0.0186. The number of hydrogen-bond donors (Lipinski definition) is 1. The summed E-state index contributed by atoms with van der Waals surface area (Å²) < 4.78 is 29.4.